The molecule has 0 spiro atoms. The summed E-state index contributed by atoms with van der Waals surface area (Å²) in [5.74, 6) is -0.802. The normalized spacial score (nSPS) is 9.90. The number of anilines is 1. The van der Waals surface area contributed by atoms with Crippen LogP contribution in [0.3, 0.4) is 0 Å². The molecular weight excluding hydrogens is 178 g/mol. The van der Waals surface area contributed by atoms with E-state index in [0.29, 0.717) is 0 Å². The quantitative estimate of drug-likeness (QED) is 0.622. The number of halogens is 3. The minimum Gasteiger partial charge on any atom is -0.396 e. The second-order valence-electron chi connectivity index (χ2n) is 1.62. The maximum absolute atomic E-state index is 12.4. The number of pyridine rings is 1. The Morgan fingerprint density at radius 1 is 1.50 bits per heavy atom. The molecule has 0 atom stereocenters. The second kappa shape index (κ2) is 2.60. The predicted octanol–water partition coefficient (Wildman–Crippen LogP) is 2.11. The minimum absolute atomic E-state index is 0.0239. The maximum atomic E-state index is 12.4. The van der Waals surface area contributed by atoms with Crippen LogP contribution < -0.4 is 5.73 Å². The van der Waals surface area contributed by atoms with Gasteiger partial charge in [0.25, 0.3) is 0 Å². The number of nitrogen functional groups attached to an aromatic ring is 1. The van der Waals surface area contributed by atoms with E-state index in [1.54, 1.807) is 0 Å². The molecule has 0 aliphatic rings. The highest BCUT2D eigenvalue weighted by Gasteiger charge is 2.07. The minimum atomic E-state index is -0.802. The Morgan fingerprint density at radius 3 is 2.60 bits per heavy atom. The summed E-state index contributed by atoms with van der Waals surface area (Å²) in [4.78, 5) is 3.23. The van der Waals surface area contributed by atoms with E-state index in [4.69, 9.17) is 28.9 Å². The van der Waals surface area contributed by atoms with Crippen molar-refractivity contribution in [3.05, 3.63) is 22.2 Å². The van der Waals surface area contributed by atoms with Crippen molar-refractivity contribution in [1.82, 2.24) is 4.98 Å². The Balaban J connectivity index is 3.34. The Hall–Kier alpha value is -0.540. The van der Waals surface area contributed by atoms with Crippen LogP contribution in [0.2, 0.25) is 10.0 Å². The SMILES string of the molecule is Nc1c(Cl)cnc(F)c1Cl. The summed E-state index contributed by atoms with van der Waals surface area (Å²) >= 11 is 10.8. The van der Waals surface area contributed by atoms with Crippen molar-refractivity contribution in [2.45, 2.75) is 0 Å². The van der Waals surface area contributed by atoms with Crippen LogP contribution in [0.15, 0.2) is 6.20 Å². The number of hydrogen-bond acceptors (Lipinski definition) is 2. The number of aromatic nitrogens is 1. The summed E-state index contributed by atoms with van der Waals surface area (Å²) in [5.41, 5.74) is 5.26. The van der Waals surface area contributed by atoms with Gasteiger partial charge in [-0.25, -0.2) is 4.98 Å². The van der Waals surface area contributed by atoms with Crippen LogP contribution in [-0.2, 0) is 0 Å². The summed E-state index contributed by atoms with van der Waals surface area (Å²) in [5, 5.41) is -0.0705. The molecule has 0 aliphatic heterocycles. The van der Waals surface area contributed by atoms with Crippen LogP contribution in [-0.4, -0.2) is 4.98 Å². The fourth-order valence-electron chi connectivity index (χ4n) is 0.456. The van der Waals surface area contributed by atoms with Gasteiger partial charge in [0.15, 0.2) is 0 Å². The van der Waals surface area contributed by atoms with Crippen molar-refractivity contribution < 1.29 is 4.39 Å². The summed E-state index contributed by atoms with van der Waals surface area (Å²) < 4.78 is 12.4. The van der Waals surface area contributed by atoms with Gasteiger partial charge in [-0.05, 0) is 0 Å². The molecule has 54 valence electrons. The molecule has 1 aromatic heterocycles. The third kappa shape index (κ3) is 1.15. The standard InChI is InChI=1S/C5H3Cl2FN2/c6-2-1-10-5(8)3(7)4(2)9/h1H,(H2,9,10). The molecule has 2 nitrogen and oxygen atoms in total. The predicted molar refractivity (Wildman–Crippen MR) is 38.6 cm³/mol. The highest BCUT2D eigenvalue weighted by atomic mass is 35.5. The number of hydrogen-bond donors (Lipinski definition) is 1. The molecule has 0 saturated carbocycles. The van der Waals surface area contributed by atoms with E-state index in [0.717, 1.165) is 6.20 Å². The fourth-order valence-corrected chi connectivity index (χ4v) is 0.798. The number of rotatable bonds is 0. The van der Waals surface area contributed by atoms with Crippen LogP contribution in [0.4, 0.5) is 10.1 Å². The second-order valence-corrected chi connectivity index (χ2v) is 2.41. The van der Waals surface area contributed by atoms with Crippen LogP contribution >= 0.6 is 23.2 Å². The van der Waals surface area contributed by atoms with E-state index < -0.39 is 5.95 Å². The van der Waals surface area contributed by atoms with Gasteiger partial charge in [-0.1, -0.05) is 23.2 Å². The molecule has 10 heavy (non-hydrogen) atoms. The zero-order valence-electron chi connectivity index (χ0n) is 4.74. The monoisotopic (exact) mass is 180 g/mol. The van der Waals surface area contributed by atoms with E-state index in [9.17, 15) is 4.39 Å². The van der Waals surface area contributed by atoms with Gasteiger partial charge in [0.05, 0.1) is 16.9 Å². The van der Waals surface area contributed by atoms with Gasteiger partial charge in [-0.3, -0.25) is 0 Å². The van der Waals surface area contributed by atoms with Gasteiger partial charge in [0.2, 0.25) is 5.95 Å². The van der Waals surface area contributed by atoms with Gasteiger partial charge in [-0.2, -0.15) is 4.39 Å². The average Bonchev–Trinajstić information content (AvgIpc) is 1.93. The topological polar surface area (TPSA) is 38.9 Å². The highest BCUT2D eigenvalue weighted by molar-refractivity contribution is 6.38. The third-order valence-corrected chi connectivity index (χ3v) is 1.63. The van der Waals surface area contributed by atoms with Gasteiger partial charge < -0.3 is 5.73 Å². The molecule has 1 rings (SSSR count). The molecule has 5 heteroatoms. The number of nitrogens with zero attached hydrogens (tertiary/aromatic N) is 1. The van der Waals surface area contributed by atoms with Crippen molar-refractivity contribution in [3.63, 3.8) is 0 Å². The van der Waals surface area contributed by atoms with Gasteiger partial charge in [-0.15, -0.1) is 0 Å². The van der Waals surface area contributed by atoms with E-state index in [-0.39, 0.29) is 15.7 Å². The third-order valence-electron chi connectivity index (χ3n) is 0.966. The molecule has 0 amide bonds. The lowest BCUT2D eigenvalue weighted by molar-refractivity contribution is 0.585. The zero-order valence-corrected chi connectivity index (χ0v) is 6.25. The largest absolute Gasteiger partial charge is 0.396 e. The highest BCUT2D eigenvalue weighted by Crippen LogP contribution is 2.27. The van der Waals surface area contributed by atoms with E-state index in [1.807, 2.05) is 0 Å². The molecule has 0 fully saturated rings. The lowest BCUT2D eigenvalue weighted by Gasteiger charge is -1.98. The Kier molecular flexibility index (Phi) is 1.97. The van der Waals surface area contributed by atoms with E-state index in [2.05, 4.69) is 4.98 Å². The molecule has 0 aromatic carbocycles. The van der Waals surface area contributed by atoms with Gasteiger partial charge in [0, 0.05) is 0 Å². The first kappa shape index (κ1) is 7.57. The summed E-state index contributed by atoms with van der Waals surface area (Å²) in [6.07, 6.45) is 1.11. The first-order valence-electron chi connectivity index (χ1n) is 2.38. The molecule has 0 radical (unpaired) electrons. The van der Waals surface area contributed by atoms with Crippen molar-refractivity contribution in [1.29, 1.82) is 0 Å². The Bertz CT molecular complexity index is 237. The average molecular weight is 181 g/mol. The van der Waals surface area contributed by atoms with Crippen LogP contribution in [0.25, 0.3) is 0 Å². The first-order chi connectivity index (χ1) is 4.63. The van der Waals surface area contributed by atoms with Crippen LogP contribution in [0.5, 0.6) is 0 Å². The molecule has 2 N–H and O–H groups in total. The first-order valence-corrected chi connectivity index (χ1v) is 3.13. The lowest BCUT2D eigenvalue weighted by atomic mass is 10.4. The maximum Gasteiger partial charge on any atom is 0.233 e. The molecule has 0 bridgehead atoms. The molecule has 0 unspecified atom stereocenters. The molecule has 1 aromatic rings. The Labute approximate surface area is 66.8 Å². The van der Waals surface area contributed by atoms with Crippen LogP contribution in [0.1, 0.15) is 0 Å². The van der Waals surface area contributed by atoms with Crippen molar-refractivity contribution >= 4 is 28.9 Å². The van der Waals surface area contributed by atoms with Crippen molar-refractivity contribution in [3.8, 4) is 0 Å². The molecular formula is C5H3Cl2FN2. The smallest absolute Gasteiger partial charge is 0.233 e. The summed E-state index contributed by atoms with van der Waals surface area (Å²) in [6.45, 7) is 0. The van der Waals surface area contributed by atoms with Gasteiger partial charge >= 0.3 is 0 Å². The molecule has 1 heterocycles. The Morgan fingerprint density at radius 2 is 2.10 bits per heavy atom. The van der Waals surface area contributed by atoms with E-state index in [1.165, 1.54) is 0 Å². The molecule has 0 saturated heterocycles. The summed E-state index contributed by atoms with van der Waals surface area (Å²) in [6, 6.07) is 0. The van der Waals surface area contributed by atoms with Crippen molar-refractivity contribution in [2.75, 3.05) is 5.73 Å². The van der Waals surface area contributed by atoms with Gasteiger partial charge in [0.1, 0.15) is 5.02 Å². The zero-order chi connectivity index (χ0) is 7.72. The van der Waals surface area contributed by atoms with Crippen molar-refractivity contribution in [2.24, 2.45) is 0 Å². The lowest BCUT2D eigenvalue weighted by Crippen LogP contribution is -1.92. The van der Waals surface area contributed by atoms with E-state index >= 15 is 0 Å². The van der Waals surface area contributed by atoms with Crippen LogP contribution in [0, 0.1) is 5.95 Å². The number of nitrogens with two attached hydrogens (primary N) is 1. The fraction of sp³-hybridized carbons (Fsp3) is 0. The molecule has 0 aliphatic carbocycles. The summed E-state index contributed by atoms with van der Waals surface area (Å²) in [7, 11) is 0.